The number of carbonyl (C=O) groups excluding carboxylic acids is 1. The van der Waals surface area contributed by atoms with E-state index in [9.17, 15) is 17.6 Å². The first-order chi connectivity index (χ1) is 13.4. The number of halogens is 2. The Balaban J connectivity index is 1.87. The second-order valence-corrected chi connectivity index (χ2v) is 8.68. The summed E-state index contributed by atoms with van der Waals surface area (Å²) >= 11 is 5.94. The zero-order chi connectivity index (χ0) is 19.9. The highest BCUT2D eigenvalue weighted by Gasteiger charge is 2.38. The van der Waals surface area contributed by atoms with Crippen molar-refractivity contribution in [3.8, 4) is 0 Å². The van der Waals surface area contributed by atoms with Crippen molar-refractivity contribution in [1.29, 1.82) is 0 Å². The standard InChI is InChI=1S/C19H16ClFN2O4S/c20-13-1-4-15(5-2-13)23-12-18(19(24)22-7-9-27-10-8-22)28(25,26)17-6-3-14(21)11-16(17)23/h1-6,11-12H,7-10H2. The first-order valence-electron chi connectivity index (χ1n) is 8.56. The van der Waals surface area contributed by atoms with Crippen LogP contribution in [0.5, 0.6) is 0 Å². The van der Waals surface area contributed by atoms with Crippen LogP contribution in [0.2, 0.25) is 5.02 Å². The number of sulfone groups is 1. The molecule has 9 heteroatoms. The Bertz CT molecular complexity index is 1060. The molecule has 0 bridgehead atoms. The molecular weight excluding hydrogens is 407 g/mol. The van der Waals surface area contributed by atoms with Crippen LogP contribution in [0.1, 0.15) is 0 Å². The largest absolute Gasteiger partial charge is 0.378 e. The lowest BCUT2D eigenvalue weighted by Gasteiger charge is -2.32. The van der Waals surface area contributed by atoms with E-state index >= 15 is 0 Å². The molecule has 2 aliphatic rings. The monoisotopic (exact) mass is 422 g/mol. The van der Waals surface area contributed by atoms with Crippen molar-refractivity contribution in [1.82, 2.24) is 4.90 Å². The van der Waals surface area contributed by atoms with Crippen LogP contribution in [0.3, 0.4) is 0 Å². The number of hydrogen-bond acceptors (Lipinski definition) is 5. The van der Waals surface area contributed by atoms with Gasteiger partial charge in [0.25, 0.3) is 5.91 Å². The van der Waals surface area contributed by atoms with Crippen LogP contribution >= 0.6 is 11.6 Å². The molecule has 4 rings (SSSR count). The molecule has 0 N–H and O–H groups in total. The minimum absolute atomic E-state index is 0.122. The second kappa shape index (κ2) is 7.20. The summed E-state index contributed by atoms with van der Waals surface area (Å²) in [5.41, 5.74) is 0.694. The molecule has 0 atom stereocenters. The molecule has 0 radical (unpaired) electrons. The number of rotatable bonds is 2. The first kappa shape index (κ1) is 18.9. The van der Waals surface area contributed by atoms with Gasteiger partial charge < -0.3 is 14.5 Å². The summed E-state index contributed by atoms with van der Waals surface area (Å²) < 4.78 is 45.4. The van der Waals surface area contributed by atoms with E-state index in [1.807, 2.05) is 0 Å². The van der Waals surface area contributed by atoms with Gasteiger partial charge in [0.05, 0.1) is 23.8 Å². The summed E-state index contributed by atoms with van der Waals surface area (Å²) in [7, 11) is -4.10. The predicted octanol–water partition coefficient (Wildman–Crippen LogP) is 3.10. The quantitative estimate of drug-likeness (QED) is 0.696. The Morgan fingerprint density at radius 3 is 2.43 bits per heavy atom. The van der Waals surface area contributed by atoms with E-state index in [1.54, 1.807) is 24.3 Å². The number of benzene rings is 2. The Labute approximate surface area is 166 Å². The molecule has 0 unspecified atom stereocenters. The minimum atomic E-state index is -4.10. The Kier molecular flexibility index (Phi) is 4.86. The van der Waals surface area contributed by atoms with E-state index in [4.69, 9.17) is 16.3 Å². The van der Waals surface area contributed by atoms with Crippen LogP contribution in [0.15, 0.2) is 58.5 Å². The van der Waals surface area contributed by atoms with E-state index in [0.717, 1.165) is 12.1 Å². The lowest BCUT2D eigenvalue weighted by molar-refractivity contribution is -0.130. The SMILES string of the molecule is O=C(C1=CN(c2ccc(Cl)cc2)c2cc(F)ccc2S1(=O)=O)N1CCOCC1. The molecule has 1 amide bonds. The van der Waals surface area contributed by atoms with Crippen molar-refractivity contribution >= 4 is 38.7 Å². The number of carbonyl (C=O) groups is 1. The Morgan fingerprint density at radius 1 is 1.07 bits per heavy atom. The normalized spacial score (nSPS) is 18.4. The third-order valence-electron chi connectivity index (χ3n) is 4.62. The average Bonchev–Trinajstić information content (AvgIpc) is 2.69. The fourth-order valence-electron chi connectivity index (χ4n) is 3.19. The lowest BCUT2D eigenvalue weighted by Crippen LogP contribution is -2.43. The van der Waals surface area contributed by atoms with Crippen molar-refractivity contribution < 1.29 is 22.3 Å². The van der Waals surface area contributed by atoms with Gasteiger partial charge in [-0.05, 0) is 42.5 Å². The summed E-state index contributed by atoms with van der Waals surface area (Å²) in [4.78, 5) is 15.4. The summed E-state index contributed by atoms with van der Waals surface area (Å²) in [6.45, 7) is 1.31. The van der Waals surface area contributed by atoms with Crippen LogP contribution < -0.4 is 4.90 Å². The zero-order valence-corrected chi connectivity index (χ0v) is 16.2. The van der Waals surface area contributed by atoms with Gasteiger partial charge in [0.15, 0.2) is 4.91 Å². The Hall–Kier alpha value is -2.42. The van der Waals surface area contributed by atoms with Crippen LogP contribution in [-0.4, -0.2) is 45.5 Å². The average molecular weight is 423 g/mol. The van der Waals surface area contributed by atoms with Gasteiger partial charge in [0.2, 0.25) is 9.84 Å². The number of ether oxygens (including phenoxy) is 1. The molecule has 0 aromatic heterocycles. The number of hydrogen-bond donors (Lipinski definition) is 0. The molecule has 2 heterocycles. The van der Waals surface area contributed by atoms with Crippen molar-refractivity contribution in [3.05, 3.63) is 64.4 Å². The van der Waals surface area contributed by atoms with Gasteiger partial charge in [-0.2, -0.15) is 0 Å². The van der Waals surface area contributed by atoms with Gasteiger partial charge >= 0.3 is 0 Å². The lowest BCUT2D eigenvalue weighted by atomic mass is 10.2. The number of amides is 1. The molecule has 0 aliphatic carbocycles. The molecule has 2 aromatic carbocycles. The number of anilines is 2. The number of morpholine rings is 1. The van der Waals surface area contributed by atoms with Crippen LogP contribution in [0.25, 0.3) is 0 Å². The van der Waals surface area contributed by atoms with E-state index in [-0.39, 0.29) is 15.5 Å². The smallest absolute Gasteiger partial charge is 0.267 e. The van der Waals surface area contributed by atoms with E-state index < -0.39 is 21.6 Å². The highest BCUT2D eigenvalue weighted by Crippen LogP contribution is 2.40. The maximum absolute atomic E-state index is 13.9. The van der Waals surface area contributed by atoms with Gasteiger partial charge in [0.1, 0.15) is 5.82 Å². The van der Waals surface area contributed by atoms with Crippen LogP contribution in [0, 0.1) is 5.82 Å². The second-order valence-electron chi connectivity index (χ2n) is 6.36. The van der Waals surface area contributed by atoms with Crippen LogP contribution in [-0.2, 0) is 19.4 Å². The van der Waals surface area contributed by atoms with Gasteiger partial charge in [-0.15, -0.1) is 0 Å². The summed E-state index contributed by atoms with van der Waals surface area (Å²) in [6.07, 6.45) is 1.25. The molecule has 0 spiro atoms. The van der Waals surface area contributed by atoms with E-state index in [0.29, 0.717) is 37.0 Å². The number of fused-ring (bicyclic) bond motifs is 1. The zero-order valence-electron chi connectivity index (χ0n) is 14.6. The fourth-order valence-corrected chi connectivity index (χ4v) is 4.83. The van der Waals surface area contributed by atoms with Crippen molar-refractivity contribution in [2.24, 2.45) is 0 Å². The number of nitrogens with zero attached hydrogens (tertiary/aromatic N) is 2. The van der Waals surface area contributed by atoms with Gasteiger partial charge in [-0.25, -0.2) is 12.8 Å². The predicted molar refractivity (Wildman–Crippen MR) is 103 cm³/mol. The topological polar surface area (TPSA) is 66.9 Å². The molecule has 2 aromatic rings. The van der Waals surface area contributed by atoms with E-state index in [1.165, 1.54) is 22.1 Å². The summed E-state index contributed by atoms with van der Waals surface area (Å²) in [5.74, 6) is -1.18. The van der Waals surface area contributed by atoms with E-state index in [2.05, 4.69) is 0 Å². The molecule has 1 saturated heterocycles. The molecule has 1 fully saturated rings. The summed E-state index contributed by atoms with van der Waals surface area (Å²) in [6, 6.07) is 9.99. The molecule has 0 saturated carbocycles. The highest BCUT2D eigenvalue weighted by atomic mass is 35.5. The molecule has 146 valence electrons. The molecule has 28 heavy (non-hydrogen) atoms. The Morgan fingerprint density at radius 2 is 1.75 bits per heavy atom. The highest BCUT2D eigenvalue weighted by molar-refractivity contribution is 7.96. The summed E-state index contributed by atoms with van der Waals surface area (Å²) in [5, 5.41) is 0.501. The third-order valence-corrected chi connectivity index (χ3v) is 6.66. The van der Waals surface area contributed by atoms with Gasteiger partial charge in [0, 0.05) is 30.0 Å². The maximum Gasteiger partial charge on any atom is 0.267 e. The van der Waals surface area contributed by atoms with Gasteiger partial charge in [-0.3, -0.25) is 4.79 Å². The minimum Gasteiger partial charge on any atom is -0.378 e. The first-order valence-corrected chi connectivity index (χ1v) is 10.4. The molecule has 2 aliphatic heterocycles. The molecule has 6 nitrogen and oxygen atoms in total. The third kappa shape index (κ3) is 3.28. The van der Waals surface area contributed by atoms with Crippen molar-refractivity contribution in [2.45, 2.75) is 4.90 Å². The fraction of sp³-hybridized carbons (Fsp3) is 0.211. The van der Waals surface area contributed by atoms with Crippen LogP contribution in [0.4, 0.5) is 15.8 Å². The maximum atomic E-state index is 13.9. The van der Waals surface area contributed by atoms with Gasteiger partial charge in [-0.1, -0.05) is 11.6 Å². The molecular formula is C19H16ClFN2O4S. The van der Waals surface area contributed by atoms with Crippen molar-refractivity contribution in [3.63, 3.8) is 0 Å². The van der Waals surface area contributed by atoms with Crippen molar-refractivity contribution in [2.75, 3.05) is 31.2 Å².